The summed E-state index contributed by atoms with van der Waals surface area (Å²) in [7, 11) is 0. The van der Waals surface area contributed by atoms with Crippen LogP contribution in [0.25, 0.3) is 0 Å². The van der Waals surface area contributed by atoms with E-state index in [9.17, 15) is 10.1 Å². The maximum atomic E-state index is 12.1. The minimum Gasteiger partial charge on any atom is -0.299 e. The van der Waals surface area contributed by atoms with Gasteiger partial charge in [-0.2, -0.15) is 5.26 Å². The second-order valence-corrected chi connectivity index (χ2v) is 7.76. The molecule has 3 atom stereocenters. The monoisotopic (exact) mass is 233 g/mol. The van der Waals surface area contributed by atoms with Crippen LogP contribution in [-0.2, 0) is 4.79 Å². The van der Waals surface area contributed by atoms with E-state index in [0.29, 0.717) is 12.2 Å². The van der Waals surface area contributed by atoms with Crippen molar-refractivity contribution >= 4 is 5.78 Å². The molecule has 0 aromatic heterocycles. The molecule has 2 aliphatic rings. The summed E-state index contributed by atoms with van der Waals surface area (Å²) in [5, 5.41) is 9.61. The predicted octanol–water partition coefficient (Wildman–Crippen LogP) is 3.57. The van der Waals surface area contributed by atoms with Crippen molar-refractivity contribution in [3.63, 3.8) is 0 Å². The first-order valence-electron chi connectivity index (χ1n) is 6.57. The molecular weight excluding hydrogens is 210 g/mol. The van der Waals surface area contributed by atoms with Gasteiger partial charge in [0.25, 0.3) is 0 Å². The van der Waals surface area contributed by atoms with Gasteiger partial charge in [0.2, 0.25) is 0 Å². The molecule has 0 bridgehead atoms. The summed E-state index contributed by atoms with van der Waals surface area (Å²) in [5.41, 5.74) is -0.242. The largest absolute Gasteiger partial charge is 0.299 e. The molecular formula is C15H23NO. The van der Waals surface area contributed by atoms with Crippen molar-refractivity contribution in [1.29, 1.82) is 5.26 Å². The Labute approximate surface area is 104 Å². The van der Waals surface area contributed by atoms with Gasteiger partial charge in [-0.05, 0) is 29.6 Å². The standard InChI is InChI=1S/C15H23NO/c1-13(2,3)15(9-16)6-10-11(15)7-14(4,5)8-12(10)17/h10-11H,6-8H2,1-5H3/t10-,11+,15?/m0/s1. The Kier molecular flexibility index (Phi) is 2.48. The van der Waals surface area contributed by atoms with Crippen molar-refractivity contribution in [1.82, 2.24) is 0 Å². The lowest BCUT2D eigenvalue weighted by Gasteiger charge is -2.61. The number of fused-ring (bicyclic) bond motifs is 1. The highest BCUT2D eigenvalue weighted by atomic mass is 16.1. The summed E-state index contributed by atoms with van der Waals surface area (Å²) in [6.45, 7) is 10.7. The van der Waals surface area contributed by atoms with Crippen LogP contribution < -0.4 is 0 Å². The highest BCUT2D eigenvalue weighted by molar-refractivity contribution is 5.84. The molecule has 0 aromatic carbocycles. The van der Waals surface area contributed by atoms with Crippen molar-refractivity contribution in [3.8, 4) is 6.07 Å². The molecule has 0 N–H and O–H groups in total. The number of hydrogen-bond donors (Lipinski definition) is 0. The summed E-state index contributed by atoms with van der Waals surface area (Å²) in [5.74, 6) is 0.840. The quantitative estimate of drug-likeness (QED) is 0.641. The summed E-state index contributed by atoms with van der Waals surface area (Å²) < 4.78 is 0. The third-order valence-corrected chi connectivity index (χ3v) is 5.04. The molecule has 0 saturated heterocycles. The van der Waals surface area contributed by atoms with Gasteiger partial charge < -0.3 is 0 Å². The van der Waals surface area contributed by atoms with Crippen LogP contribution in [0.1, 0.15) is 53.9 Å². The number of hydrogen-bond acceptors (Lipinski definition) is 2. The molecule has 0 aromatic rings. The van der Waals surface area contributed by atoms with E-state index in [1.165, 1.54) is 0 Å². The van der Waals surface area contributed by atoms with Crippen LogP contribution in [0.3, 0.4) is 0 Å². The maximum absolute atomic E-state index is 12.1. The van der Waals surface area contributed by atoms with Crippen LogP contribution in [-0.4, -0.2) is 5.78 Å². The molecule has 2 saturated carbocycles. The van der Waals surface area contributed by atoms with Gasteiger partial charge in [0.1, 0.15) is 5.78 Å². The number of carbonyl (C=O) groups is 1. The number of Topliss-reactive ketones (excluding diaryl/α,β-unsaturated/α-hetero) is 1. The molecule has 2 nitrogen and oxygen atoms in total. The molecule has 1 unspecified atom stereocenters. The van der Waals surface area contributed by atoms with Crippen LogP contribution in [0.4, 0.5) is 0 Å². The molecule has 0 amide bonds. The van der Waals surface area contributed by atoms with Crippen LogP contribution in [0.2, 0.25) is 0 Å². The van der Waals surface area contributed by atoms with E-state index in [4.69, 9.17) is 0 Å². The molecule has 0 aliphatic heterocycles. The van der Waals surface area contributed by atoms with Gasteiger partial charge in [0, 0.05) is 12.3 Å². The van der Waals surface area contributed by atoms with Crippen molar-refractivity contribution in [2.75, 3.05) is 0 Å². The average molecular weight is 233 g/mol. The van der Waals surface area contributed by atoms with Gasteiger partial charge in [-0.3, -0.25) is 4.79 Å². The second kappa shape index (κ2) is 3.34. The van der Waals surface area contributed by atoms with Gasteiger partial charge in [-0.15, -0.1) is 0 Å². The van der Waals surface area contributed by atoms with Crippen molar-refractivity contribution in [3.05, 3.63) is 0 Å². The smallest absolute Gasteiger partial charge is 0.136 e. The van der Waals surface area contributed by atoms with E-state index in [2.05, 4.69) is 40.7 Å². The zero-order chi connectivity index (χ0) is 13.1. The molecule has 2 heteroatoms. The van der Waals surface area contributed by atoms with E-state index in [1.54, 1.807) is 0 Å². The average Bonchev–Trinajstić information content (AvgIpc) is 2.09. The first kappa shape index (κ1) is 12.6. The Morgan fingerprint density at radius 3 is 2.35 bits per heavy atom. The number of nitrogens with zero attached hydrogens (tertiary/aromatic N) is 1. The Morgan fingerprint density at radius 1 is 1.29 bits per heavy atom. The number of ketones is 1. The Balaban J connectivity index is 2.34. The predicted molar refractivity (Wildman–Crippen MR) is 67.1 cm³/mol. The summed E-state index contributed by atoms with van der Waals surface area (Å²) in [6.07, 6.45) is 2.50. The lowest BCUT2D eigenvalue weighted by atomic mass is 9.40. The van der Waals surface area contributed by atoms with E-state index < -0.39 is 0 Å². The number of nitriles is 1. The fourth-order valence-electron chi connectivity index (χ4n) is 3.91. The SMILES string of the molecule is CC1(C)CC(=O)[C@H]2CC(C#N)(C(C)(C)C)[C@@H]2C1. The Hall–Kier alpha value is -0.840. The zero-order valence-corrected chi connectivity index (χ0v) is 11.6. The molecule has 0 heterocycles. The van der Waals surface area contributed by atoms with Crippen LogP contribution in [0.15, 0.2) is 0 Å². The van der Waals surface area contributed by atoms with Crippen molar-refractivity contribution < 1.29 is 4.79 Å². The zero-order valence-electron chi connectivity index (χ0n) is 11.6. The molecule has 2 aliphatic carbocycles. The third-order valence-electron chi connectivity index (χ3n) is 5.04. The van der Waals surface area contributed by atoms with Crippen LogP contribution in [0, 0.1) is 39.4 Å². The Morgan fingerprint density at radius 2 is 1.88 bits per heavy atom. The second-order valence-electron chi connectivity index (χ2n) is 7.76. The highest BCUT2D eigenvalue weighted by Crippen LogP contribution is 2.65. The van der Waals surface area contributed by atoms with Gasteiger partial charge in [0.15, 0.2) is 0 Å². The number of rotatable bonds is 0. The molecule has 2 rings (SSSR count). The first-order valence-corrected chi connectivity index (χ1v) is 6.57. The minimum absolute atomic E-state index is 0.0311. The maximum Gasteiger partial charge on any atom is 0.136 e. The van der Waals surface area contributed by atoms with Gasteiger partial charge in [-0.1, -0.05) is 34.6 Å². The topological polar surface area (TPSA) is 40.9 Å². The fourth-order valence-corrected chi connectivity index (χ4v) is 3.91. The summed E-state index contributed by atoms with van der Waals surface area (Å²) in [4.78, 5) is 12.1. The van der Waals surface area contributed by atoms with Gasteiger partial charge in [0.05, 0.1) is 11.5 Å². The van der Waals surface area contributed by atoms with E-state index in [0.717, 1.165) is 12.8 Å². The lowest BCUT2D eigenvalue weighted by molar-refractivity contribution is -0.160. The highest BCUT2D eigenvalue weighted by Gasteiger charge is 2.64. The van der Waals surface area contributed by atoms with E-state index in [-0.39, 0.29) is 28.1 Å². The first-order chi connectivity index (χ1) is 7.63. The summed E-state index contributed by atoms with van der Waals surface area (Å²) in [6, 6.07) is 2.56. The molecule has 17 heavy (non-hydrogen) atoms. The van der Waals surface area contributed by atoms with Crippen molar-refractivity contribution in [2.24, 2.45) is 28.1 Å². The molecule has 2 fully saturated rings. The van der Waals surface area contributed by atoms with Crippen LogP contribution >= 0.6 is 0 Å². The molecule has 0 radical (unpaired) electrons. The summed E-state index contributed by atoms with van der Waals surface area (Å²) >= 11 is 0. The van der Waals surface area contributed by atoms with E-state index >= 15 is 0 Å². The lowest BCUT2D eigenvalue weighted by Crippen LogP contribution is -2.60. The van der Waals surface area contributed by atoms with Crippen LogP contribution in [0.5, 0.6) is 0 Å². The Bertz CT molecular complexity index is 396. The molecule has 94 valence electrons. The fraction of sp³-hybridized carbons (Fsp3) is 0.867. The third kappa shape index (κ3) is 1.63. The minimum atomic E-state index is -0.287. The number of carbonyl (C=O) groups excluding carboxylic acids is 1. The van der Waals surface area contributed by atoms with Gasteiger partial charge >= 0.3 is 0 Å². The normalized spacial score (nSPS) is 40.1. The van der Waals surface area contributed by atoms with E-state index in [1.807, 2.05) is 0 Å². The molecule has 0 spiro atoms. The van der Waals surface area contributed by atoms with Gasteiger partial charge in [-0.25, -0.2) is 0 Å². The van der Waals surface area contributed by atoms with Crippen molar-refractivity contribution in [2.45, 2.75) is 53.9 Å².